The van der Waals surface area contributed by atoms with Crippen molar-refractivity contribution in [3.8, 4) is 11.5 Å². The van der Waals surface area contributed by atoms with Crippen LogP contribution in [0, 0.1) is 5.82 Å². The molecule has 13 heteroatoms. The van der Waals surface area contributed by atoms with Gasteiger partial charge in [-0.1, -0.05) is 43.1 Å². The van der Waals surface area contributed by atoms with Crippen molar-refractivity contribution in [2.24, 2.45) is 0 Å². The van der Waals surface area contributed by atoms with E-state index in [1.165, 1.54) is 35.2 Å². The fourth-order valence-corrected chi connectivity index (χ4v) is 6.39. The monoisotopic (exact) mass is 665 g/mol. The van der Waals surface area contributed by atoms with Gasteiger partial charge in [0, 0.05) is 18.7 Å². The number of amides is 2. The number of nitrogens with zero attached hydrogens (tertiary/aromatic N) is 2. The molecule has 236 valence electrons. The lowest BCUT2D eigenvalue weighted by atomic mass is 10.1. The first-order valence-electron chi connectivity index (χ1n) is 14.2. The second-order valence-electron chi connectivity index (χ2n) is 10.3. The van der Waals surface area contributed by atoms with Crippen molar-refractivity contribution in [1.82, 2.24) is 10.2 Å². The van der Waals surface area contributed by atoms with E-state index < -0.39 is 34.3 Å². The Bertz CT molecular complexity index is 1610. The molecule has 1 aliphatic heterocycles. The van der Waals surface area contributed by atoms with Gasteiger partial charge in [0.15, 0.2) is 11.5 Å². The lowest BCUT2D eigenvalue weighted by Crippen LogP contribution is -2.53. The lowest BCUT2D eigenvalue weighted by molar-refractivity contribution is -0.140. The van der Waals surface area contributed by atoms with E-state index in [1.807, 2.05) is 13.8 Å². The maximum atomic E-state index is 14.2. The molecular weight excluding hydrogens is 632 g/mol. The van der Waals surface area contributed by atoms with Crippen LogP contribution in [0.2, 0.25) is 10.0 Å². The second-order valence-corrected chi connectivity index (χ2v) is 13.0. The van der Waals surface area contributed by atoms with Crippen molar-refractivity contribution in [2.75, 3.05) is 24.1 Å². The minimum atomic E-state index is -4.40. The van der Waals surface area contributed by atoms with E-state index in [-0.39, 0.29) is 52.9 Å². The van der Waals surface area contributed by atoms with E-state index in [1.54, 1.807) is 25.1 Å². The molecule has 0 aromatic heterocycles. The Morgan fingerprint density at radius 1 is 0.932 bits per heavy atom. The number of benzene rings is 3. The number of nitrogens with one attached hydrogen (secondary N) is 1. The van der Waals surface area contributed by atoms with Crippen molar-refractivity contribution in [3.63, 3.8) is 0 Å². The molecule has 3 aromatic rings. The minimum absolute atomic E-state index is 0.0521. The largest absolute Gasteiger partial charge is 0.486 e. The number of carbonyl (C=O) groups excluding carboxylic acids is 2. The van der Waals surface area contributed by atoms with Crippen LogP contribution in [-0.2, 0) is 26.2 Å². The van der Waals surface area contributed by atoms with Crippen molar-refractivity contribution in [2.45, 2.75) is 57.1 Å². The maximum Gasteiger partial charge on any atom is 0.264 e. The number of ether oxygens (including phenoxy) is 2. The normalized spacial score (nSPS) is 14.0. The highest BCUT2D eigenvalue weighted by Gasteiger charge is 2.34. The van der Waals surface area contributed by atoms with Crippen LogP contribution >= 0.6 is 23.2 Å². The predicted molar refractivity (Wildman–Crippen MR) is 167 cm³/mol. The average molecular weight is 667 g/mol. The number of carbonyl (C=O) groups is 2. The molecule has 0 fully saturated rings. The van der Waals surface area contributed by atoms with Crippen LogP contribution in [0.4, 0.5) is 10.1 Å². The van der Waals surface area contributed by atoms with Crippen LogP contribution in [-0.4, -0.2) is 57.0 Å². The van der Waals surface area contributed by atoms with Crippen LogP contribution in [0.5, 0.6) is 11.5 Å². The van der Waals surface area contributed by atoms with Gasteiger partial charge in [-0.15, -0.1) is 0 Å². The standard InChI is InChI=1S/C31H34Cl2FN3O6S/c1-4-20(3)35-31(39)27(5-2)36(18-21-6-12-25(32)26(33)16-21)30(38)19-37(23-9-7-22(34)8-10-23)44(40,41)24-11-13-28-29(17-24)43-15-14-42-28/h6-13,16-17,20,27H,4-5,14-15,18-19H2,1-3H3,(H,35,39)/t20-,27+/m0/s1. The highest BCUT2D eigenvalue weighted by atomic mass is 35.5. The highest BCUT2D eigenvalue weighted by Crippen LogP contribution is 2.34. The summed E-state index contributed by atoms with van der Waals surface area (Å²) < 4.78 is 54.1. The molecule has 0 saturated carbocycles. The maximum absolute atomic E-state index is 14.2. The summed E-state index contributed by atoms with van der Waals surface area (Å²) in [6, 6.07) is 12.7. The van der Waals surface area contributed by atoms with Gasteiger partial charge in [-0.2, -0.15) is 0 Å². The zero-order valence-corrected chi connectivity index (χ0v) is 26.9. The molecule has 0 radical (unpaired) electrons. The van der Waals surface area contributed by atoms with Gasteiger partial charge in [-0.3, -0.25) is 13.9 Å². The third kappa shape index (κ3) is 7.75. The first-order valence-corrected chi connectivity index (χ1v) is 16.4. The van der Waals surface area contributed by atoms with Gasteiger partial charge in [0.25, 0.3) is 10.0 Å². The third-order valence-corrected chi connectivity index (χ3v) is 9.73. The summed E-state index contributed by atoms with van der Waals surface area (Å²) in [5.41, 5.74) is 0.645. The Kier molecular flexibility index (Phi) is 11.0. The van der Waals surface area contributed by atoms with Gasteiger partial charge in [-0.25, -0.2) is 12.8 Å². The van der Waals surface area contributed by atoms with Crippen LogP contribution < -0.4 is 19.1 Å². The van der Waals surface area contributed by atoms with Crippen molar-refractivity contribution in [3.05, 3.63) is 82.1 Å². The fraction of sp³-hybridized carbons (Fsp3) is 0.355. The van der Waals surface area contributed by atoms with Gasteiger partial charge in [0.05, 0.1) is 20.6 Å². The number of anilines is 1. The molecule has 0 bridgehead atoms. The predicted octanol–water partition coefficient (Wildman–Crippen LogP) is 5.82. The Morgan fingerprint density at radius 2 is 1.61 bits per heavy atom. The van der Waals surface area contributed by atoms with E-state index in [2.05, 4.69) is 5.32 Å². The molecular formula is C31H34Cl2FN3O6S. The number of fused-ring (bicyclic) bond motifs is 1. The molecule has 0 aliphatic carbocycles. The molecule has 1 N–H and O–H groups in total. The number of halogens is 3. The molecule has 0 saturated heterocycles. The summed E-state index contributed by atoms with van der Waals surface area (Å²) >= 11 is 12.3. The molecule has 2 amide bonds. The van der Waals surface area contributed by atoms with Gasteiger partial charge in [0.1, 0.15) is 31.6 Å². The Labute approximate surface area is 266 Å². The quantitative estimate of drug-likeness (QED) is 0.261. The molecule has 3 aromatic carbocycles. The Morgan fingerprint density at radius 3 is 2.25 bits per heavy atom. The smallest absolute Gasteiger partial charge is 0.264 e. The number of rotatable bonds is 12. The van der Waals surface area contributed by atoms with E-state index >= 15 is 0 Å². The fourth-order valence-electron chi connectivity index (χ4n) is 4.64. The topological polar surface area (TPSA) is 105 Å². The first kappa shape index (κ1) is 33.4. The van der Waals surface area contributed by atoms with Crippen LogP contribution in [0.3, 0.4) is 0 Å². The Hall–Kier alpha value is -3.54. The van der Waals surface area contributed by atoms with Crippen LogP contribution in [0.15, 0.2) is 65.6 Å². The summed E-state index contributed by atoms with van der Waals surface area (Å²) in [6.45, 7) is 5.38. The molecule has 0 unspecified atom stereocenters. The van der Waals surface area contributed by atoms with Crippen LogP contribution in [0.25, 0.3) is 0 Å². The van der Waals surface area contributed by atoms with Crippen molar-refractivity contribution >= 4 is 50.7 Å². The summed E-state index contributed by atoms with van der Waals surface area (Å²) in [4.78, 5) is 28.8. The van der Waals surface area contributed by atoms with E-state index in [0.29, 0.717) is 29.4 Å². The van der Waals surface area contributed by atoms with Gasteiger partial charge >= 0.3 is 0 Å². The summed E-state index contributed by atoms with van der Waals surface area (Å²) in [5.74, 6) is -0.973. The molecule has 9 nitrogen and oxygen atoms in total. The average Bonchev–Trinajstić information content (AvgIpc) is 3.01. The van der Waals surface area contributed by atoms with Crippen LogP contribution in [0.1, 0.15) is 39.2 Å². The van der Waals surface area contributed by atoms with Crippen molar-refractivity contribution in [1.29, 1.82) is 0 Å². The zero-order chi connectivity index (χ0) is 32.0. The number of hydrogen-bond donors (Lipinski definition) is 1. The minimum Gasteiger partial charge on any atom is -0.486 e. The summed E-state index contributed by atoms with van der Waals surface area (Å²) in [5, 5.41) is 3.51. The second kappa shape index (κ2) is 14.5. The summed E-state index contributed by atoms with van der Waals surface area (Å²) in [6.07, 6.45) is 0.926. The van der Waals surface area contributed by atoms with E-state index in [0.717, 1.165) is 16.4 Å². The molecule has 44 heavy (non-hydrogen) atoms. The third-order valence-electron chi connectivity index (χ3n) is 7.22. The van der Waals surface area contributed by atoms with E-state index in [4.69, 9.17) is 32.7 Å². The highest BCUT2D eigenvalue weighted by molar-refractivity contribution is 7.92. The molecule has 1 heterocycles. The zero-order valence-electron chi connectivity index (χ0n) is 24.6. The van der Waals surface area contributed by atoms with Crippen molar-refractivity contribution < 1.29 is 31.9 Å². The molecule has 4 rings (SSSR count). The SMILES string of the molecule is CC[C@H](C(=O)N[C@@H](C)CC)N(Cc1ccc(Cl)c(Cl)c1)C(=O)CN(c1ccc(F)cc1)S(=O)(=O)c1ccc2c(c1)OCCO2. The number of hydrogen-bond acceptors (Lipinski definition) is 6. The lowest BCUT2D eigenvalue weighted by Gasteiger charge is -2.34. The molecule has 2 atom stereocenters. The Balaban J connectivity index is 1.75. The number of sulfonamides is 1. The van der Waals surface area contributed by atoms with Gasteiger partial charge in [-0.05, 0) is 73.9 Å². The summed E-state index contributed by atoms with van der Waals surface area (Å²) in [7, 11) is -4.40. The molecule has 0 spiro atoms. The van der Waals surface area contributed by atoms with E-state index in [9.17, 15) is 22.4 Å². The molecule has 1 aliphatic rings. The van der Waals surface area contributed by atoms with Gasteiger partial charge in [0.2, 0.25) is 11.8 Å². The first-order chi connectivity index (χ1) is 20.9. The van der Waals surface area contributed by atoms with Gasteiger partial charge < -0.3 is 19.7 Å².